The van der Waals surface area contributed by atoms with E-state index in [-0.39, 0.29) is 54.7 Å². The van der Waals surface area contributed by atoms with Crippen LogP contribution < -0.4 is 10.6 Å². The highest BCUT2D eigenvalue weighted by Crippen LogP contribution is 2.44. The smallest absolute Gasteiger partial charge is 0.303 e. The van der Waals surface area contributed by atoms with Crippen molar-refractivity contribution in [3.05, 3.63) is 95.1 Å². The van der Waals surface area contributed by atoms with E-state index in [0.29, 0.717) is 18.5 Å². The van der Waals surface area contributed by atoms with E-state index >= 15 is 0 Å². The molecule has 2 amide bonds. The fourth-order valence-electron chi connectivity index (χ4n) is 8.67. The largest absolute Gasteiger partial charge is 0.453 e. The number of rotatable bonds is 11. The van der Waals surface area contributed by atoms with Gasteiger partial charge in [-0.05, 0) is 87.1 Å². The Morgan fingerprint density at radius 3 is 2.29 bits per heavy atom. The summed E-state index contributed by atoms with van der Waals surface area (Å²) in [5.41, 5.74) is 5.30. The minimum atomic E-state index is -0.882. The van der Waals surface area contributed by atoms with Crippen LogP contribution in [0.2, 0.25) is 0 Å². The number of amides is 2. The van der Waals surface area contributed by atoms with Crippen LogP contribution in [0.5, 0.6) is 0 Å². The second kappa shape index (κ2) is 17.8. The van der Waals surface area contributed by atoms with E-state index in [1.54, 1.807) is 6.92 Å². The van der Waals surface area contributed by atoms with Crippen LogP contribution in [-0.2, 0) is 41.7 Å². The number of esters is 1. The fraction of sp³-hybridized carbons (Fsp3) is 0.533. The zero-order valence-corrected chi connectivity index (χ0v) is 33.3. The molecule has 0 bridgehead atoms. The van der Waals surface area contributed by atoms with Gasteiger partial charge in [-0.2, -0.15) is 0 Å². The third-order valence-electron chi connectivity index (χ3n) is 11.5. The minimum absolute atomic E-state index is 0.0172. The topological polar surface area (TPSA) is 126 Å². The summed E-state index contributed by atoms with van der Waals surface area (Å²) in [5, 5.41) is 15.9. The molecule has 3 aliphatic rings. The molecule has 3 fully saturated rings. The monoisotopic (exact) mass is 753 g/mol. The minimum Gasteiger partial charge on any atom is -0.453 e. The van der Waals surface area contributed by atoms with Crippen LogP contribution in [0.15, 0.2) is 72.8 Å². The molecular formula is C45H59N3O7. The third kappa shape index (κ3) is 10.0. The van der Waals surface area contributed by atoms with Crippen molar-refractivity contribution in [1.82, 2.24) is 15.5 Å². The average molecular weight is 754 g/mol. The molecule has 0 radical (unpaired) electrons. The summed E-state index contributed by atoms with van der Waals surface area (Å²) in [6.45, 7) is 12.0. The van der Waals surface area contributed by atoms with Gasteiger partial charge in [-0.3, -0.25) is 19.3 Å². The van der Waals surface area contributed by atoms with Crippen LogP contribution >= 0.6 is 0 Å². The highest BCUT2D eigenvalue weighted by molar-refractivity contribution is 5.83. The van der Waals surface area contributed by atoms with Crippen LogP contribution in [-0.4, -0.2) is 64.2 Å². The van der Waals surface area contributed by atoms with Crippen molar-refractivity contribution in [3.8, 4) is 11.1 Å². The molecule has 2 saturated heterocycles. The van der Waals surface area contributed by atoms with Crippen molar-refractivity contribution >= 4 is 17.8 Å². The molecule has 0 spiro atoms. The number of carbonyl (C=O) groups excluding carboxylic acids is 3. The number of hydrogen-bond donors (Lipinski definition) is 3. The van der Waals surface area contributed by atoms with Gasteiger partial charge >= 0.3 is 5.97 Å². The van der Waals surface area contributed by atoms with Gasteiger partial charge in [0.25, 0.3) is 5.91 Å². The molecule has 2 heterocycles. The maximum absolute atomic E-state index is 13.9. The molecule has 0 aromatic heterocycles. The van der Waals surface area contributed by atoms with Gasteiger partial charge < -0.3 is 30.0 Å². The van der Waals surface area contributed by atoms with Crippen molar-refractivity contribution in [2.75, 3.05) is 6.54 Å². The van der Waals surface area contributed by atoms with Crippen LogP contribution in [0.25, 0.3) is 11.1 Å². The first-order valence-electron chi connectivity index (χ1n) is 20.0. The molecule has 3 aromatic carbocycles. The summed E-state index contributed by atoms with van der Waals surface area (Å²) in [7, 11) is 0. The molecule has 3 N–H and O–H groups in total. The maximum Gasteiger partial charge on any atom is 0.303 e. The second-order valence-corrected chi connectivity index (χ2v) is 16.7. The second-order valence-electron chi connectivity index (χ2n) is 16.7. The first-order chi connectivity index (χ1) is 26.3. The molecule has 8 atom stereocenters. The molecule has 0 unspecified atom stereocenters. The van der Waals surface area contributed by atoms with Gasteiger partial charge in [-0.1, -0.05) is 92.6 Å². The van der Waals surface area contributed by atoms with Crippen molar-refractivity contribution in [1.29, 1.82) is 0 Å². The Balaban J connectivity index is 1.26. The molecule has 55 heavy (non-hydrogen) atoms. The normalized spacial score (nSPS) is 26.3. The number of benzene rings is 3. The predicted molar refractivity (Wildman–Crippen MR) is 211 cm³/mol. The van der Waals surface area contributed by atoms with Crippen LogP contribution in [0, 0.1) is 11.8 Å². The van der Waals surface area contributed by atoms with E-state index in [1.807, 2.05) is 93.6 Å². The first kappa shape index (κ1) is 40.6. The first-order valence-corrected chi connectivity index (χ1v) is 20.0. The molecule has 6 rings (SSSR count). The van der Waals surface area contributed by atoms with E-state index in [0.717, 1.165) is 52.6 Å². The van der Waals surface area contributed by atoms with Crippen molar-refractivity contribution < 1.29 is 33.7 Å². The Kier molecular flexibility index (Phi) is 13.1. The Labute approximate surface area is 326 Å². The SMILES string of the molecule is CC(=O)O[C@@H](C)C(=O)NCc1ccccc1-c1ccc([C@@H]2O[C@H](CN3[C@@H](C(=O)NC(C)(C)C)CC[C@H]4CCCC[C@H]43)[C@H](C)[C@H](c3ccc(CO)cc3)O2)cc1. The van der Waals surface area contributed by atoms with E-state index < -0.39 is 18.4 Å². The molecule has 1 saturated carbocycles. The Hall–Kier alpha value is -4.09. The van der Waals surface area contributed by atoms with Gasteiger partial charge in [-0.25, -0.2) is 0 Å². The van der Waals surface area contributed by atoms with E-state index in [4.69, 9.17) is 14.2 Å². The molecular weight excluding hydrogens is 695 g/mol. The number of likely N-dealkylation sites (tertiary alicyclic amines) is 1. The Morgan fingerprint density at radius 2 is 1.60 bits per heavy atom. The number of aliphatic hydroxyl groups excluding tert-OH is 1. The van der Waals surface area contributed by atoms with E-state index in [1.165, 1.54) is 26.2 Å². The zero-order valence-electron chi connectivity index (χ0n) is 33.3. The van der Waals surface area contributed by atoms with Crippen molar-refractivity contribution in [2.45, 2.75) is 135 Å². The number of fused-ring (bicyclic) bond motifs is 1. The summed E-state index contributed by atoms with van der Waals surface area (Å²) in [5.74, 6) is -0.199. The summed E-state index contributed by atoms with van der Waals surface area (Å²) >= 11 is 0. The fourth-order valence-corrected chi connectivity index (χ4v) is 8.67. The maximum atomic E-state index is 13.9. The van der Waals surface area contributed by atoms with Gasteiger partial charge in [-0.15, -0.1) is 0 Å². The Morgan fingerprint density at radius 1 is 0.909 bits per heavy atom. The van der Waals surface area contributed by atoms with Crippen LogP contribution in [0.1, 0.15) is 115 Å². The summed E-state index contributed by atoms with van der Waals surface area (Å²) in [4.78, 5) is 40.3. The average Bonchev–Trinajstić information content (AvgIpc) is 3.17. The van der Waals surface area contributed by atoms with Gasteiger partial charge in [0.15, 0.2) is 12.4 Å². The van der Waals surface area contributed by atoms with Crippen molar-refractivity contribution in [3.63, 3.8) is 0 Å². The molecule has 3 aromatic rings. The standard InChI is InChI=1S/C45H59N3O7/c1-28-40(26-48-38-14-10-8-11-33(38)23-24-39(48)43(52)47-45(4,5)6)54-44(55-41(28)34-17-15-31(27-49)16-18-34)35-21-19-32(20-22-35)37-13-9-7-12-36(37)25-46-42(51)29(2)53-30(3)50/h7,9,12-13,15-22,28-29,33,38-41,44,49H,8,10-11,14,23-27H2,1-6H3,(H,46,51)(H,47,52)/t28-,29-,33+,38+,39+,40+,41+,44+/m0/s1. The highest BCUT2D eigenvalue weighted by atomic mass is 16.7. The lowest BCUT2D eigenvalue weighted by molar-refractivity contribution is -0.278. The third-order valence-corrected chi connectivity index (χ3v) is 11.5. The quantitative estimate of drug-likeness (QED) is 0.177. The lowest BCUT2D eigenvalue weighted by Crippen LogP contribution is -2.61. The molecule has 2 aliphatic heterocycles. The lowest BCUT2D eigenvalue weighted by atomic mass is 9.75. The number of carbonyl (C=O) groups is 3. The van der Waals surface area contributed by atoms with E-state index in [2.05, 4.69) is 22.5 Å². The number of piperidine rings is 1. The molecule has 1 aliphatic carbocycles. The lowest BCUT2D eigenvalue weighted by Gasteiger charge is -2.51. The Bertz CT molecular complexity index is 1770. The van der Waals surface area contributed by atoms with Crippen LogP contribution in [0.4, 0.5) is 0 Å². The highest BCUT2D eigenvalue weighted by Gasteiger charge is 2.46. The predicted octanol–water partition coefficient (Wildman–Crippen LogP) is 7.14. The van der Waals surface area contributed by atoms with Gasteiger partial charge in [0.1, 0.15) is 0 Å². The number of nitrogens with zero attached hydrogens (tertiary/aromatic N) is 1. The molecule has 10 heteroatoms. The molecule has 296 valence electrons. The number of aliphatic hydroxyl groups is 1. The summed E-state index contributed by atoms with van der Waals surface area (Å²) in [6, 6.07) is 24.1. The number of nitrogens with one attached hydrogen (secondary N) is 2. The van der Waals surface area contributed by atoms with Crippen LogP contribution in [0.3, 0.4) is 0 Å². The summed E-state index contributed by atoms with van der Waals surface area (Å²) < 4.78 is 18.8. The van der Waals surface area contributed by atoms with E-state index in [9.17, 15) is 19.5 Å². The van der Waals surface area contributed by atoms with Gasteiger partial charge in [0, 0.05) is 43.1 Å². The zero-order chi connectivity index (χ0) is 39.3. The molecule has 10 nitrogen and oxygen atoms in total. The van der Waals surface area contributed by atoms with Gasteiger partial charge in [0.2, 0.25) is 5.91 Å². The van der Waals surface area contributed by atoms with Gasteiger partial charge in [0.05, 0.1) is 24.9 Å². The number of hydrogen-bond acceptors (Lipinski definition) is 8. The summed E-state index contributed by atoms with van der Waals surface area (Å²) in [6.07, 6.45) is 4.61. The van der Waals surface area contributed by atoms with Crippen molar-refractivity contribution in [2.24, 2.45) is 11.8 Å². The number of ether oxygens (including phenoxy) is 3.